The van der Waals surface area contributed by atoms with Crippen LogP contribution in [0.5, 0.6) is 0 Å². The van der Waals surface area contributed by atoms with Crippen molar-refractivity contribution >= 4 is 46.2 Å². The number of aromatic amines is 2. The zero-order chi connectivity index (χ0) is 41.9. The largest absolute Gasteiger partial charge is 0.461 e. The van der Waals surface area contributed by atoms with Crippen molar-refractivity contribution in [2.45, 2.75) is 83.9 Å². The lowest BCUT2D eigenvalue weighted by Gasteiger charge is -2.29. The Morgan fingerprint density at radius 3 is 2.36 bits per heavy atom. The molecule has 5 aromatic rings. The number of hydrogen-bond donors (Lipinski definition) is 6. The average molecular weight is 804 g/mol. The first-order valence-corrected chi connectivity index (χ1v) is 18.7. The minimum atomic E-state index is -4.76. The minimum absolute atomic E-state index is 0.0114. The van der Waals surface area contributed by atoms with Gasteiger partial charge in [0.15, 0.2) is 11.5 Å². The number of alkyl halides is 3. The summed E-state index contributed by atoms with van der Waals surface area (Å²) < 4.78 is 46.7. The van der Waals surface area contributed by atoms with Crippen LogP contribution in [0, 0.1) is 5.41 Å². The van der Waals surface area contributed by atoms with Gasteiger partial charge in [0.2, 0.25) is 5.95 Å². The summed E-state index contributed by atoms with van der Waals surface area (Å²) in [7, 11) is 0. The van der Waals surface area contributed by atoms with E-state index in [4.69, 9.17) is 21.9 Å². The van der Waals surface area contributed by atoms with Gasteiger partial charge in [0.25, 0.3) is 17.4 Å². The minimum Gasteiger partial charge on any atom is -0.461 e. The molecule has 306 valence electrons. The van der Waals surface area contributed by atoms with Gasteiger partial charge >= 0.3 is 12.1 Å². The fourth-order valence-corrected chi connectivity index (χ4v) is 7.35. The number of primary amides is 1. The molecule has 0 atom stereocenters. The smallest absolute Gasteiger partial charge is 0.435 e. The molecular formula is C40H44F3N9O6. The van der Waals surface area contributed by atoms with Crippen molar-refractivity contribution in [2.75, 3.05) is 18.0 Å². The highest BCUT2D eigenvalue weighted by Crippen LogP contribution is 2.42. The van der Waals surface area contributed by atoms with E-state index in [1.165, 1.54) is 24.6 Å². The van der Waals surface area contributed by atoms with E-state index in [-0.39, 0.29) is 65.5 Å². The van der Waals surface area contributed by atoms with Gasteiger partial charge in [0.1, 0.15) is 18.3 Å². The highest BCUT2D eigenvalue weighted by molar-refractivity contribution is 6.00. The van der Waals surface area contributed by atoms with E-state index in [2.05, 4.69) is 25.4 Å². The maximum absolute atomic E-state index is 13.4. The molecule has 58 heavy (non-hydrogen) atoms. The van der Waals surface area contributed by atoms with Crippen LogP contribution in [-0.2, 0) is 35.0 Å². The standard InChI is InChI=1S/C23H27N5O4.C17H17F3N4O2/c24-23-27-20-19(22(31)28-23)16(12-25-20)11-8-14-6-9-15(10-7-14)21(30)26-13-18(29)32-17-4-2-1-3-5-17;1-16(2)6-11-13(12(25)7-16)14(17(18,19)20)23-24(11)8-3-4-9(15(22)26)10(21)5-8/h6-7,9-10,12,17H,1-5,8,11,13H2,(H,26,30)(H4,24,25,27,28,31);3-5H,6-7,21H2,1-2H3,(H2,22,26). The number of nitrogen functional groups attached to an aromatic ring is 2. The molecule has 7 rings (SSSR count). The summed E-state index contributed by atoms with van der Waals surface area (Å²) in [6, 6.07) is 11.2. The van der Waals surface area contributed by atoms with Crippen molar-refractivity contribution in [3.8, 4) is 5.69 Å². The Kier molecular flexibility index (Phi) is 11.8. The number of carbonyl (C=O) groups is 4. The summed E-state index contributed by atoms with van der Waals surface area (Å²) in [5.74, 6) is -1.97. The SMILES string of the molecule is CC1(C)CC(=O)c2c(C(F)(F)F)nn(-c3ccc(C(N)=O)c(N)c3)c2C1.Nc1nc2[nH]cc(CCc3ccc(C(=O)NCC(=O)OC4CCCCC4)cc3)c2c(=O)[nH]1. The Bertz CT molecular complexity index is 2430. The Morgan fingerprint density at radius 2 is 1.71 bits per heavy atom. The maximum Gasteiger partial charge on any atom is 0.435 e. The molecule has 18 heteroatoms. The number of nitrogens with one attached hydrogen (secondary N) is 3. The number of fused-ring (bicyclic) bond motifs is 2. The van der Waals surface area contributed by atoms with Gasteiger partial charge in [-0.25, -0.2) is 4.68 Å². The molecular weight excluding hydrogens is 759 g/mol. The number of esters is 1. The summed E-state index contributed by atoms with van der Waals surface area (Å²) >= 11 is 0. The second-order valence-corrected chi connectivity index (χ2v) is 15.3. The van der Waals surface area contributed by atoms with Crippen LogP contribution in [0.3, 0.4) is 0 Å². The molecule has 0 aliphatic heterocycles. The molecule has 0 saturated heterocycles. The number of H-pyrrole nitrogens is 2. The van der Waals surface area contributed by atoms with Crippen molar-refractivity contribution in [1.29, 1.82) is 0 Å². The summed E-state index contributed by atoms with van der Waals surface area (Å²) in [6.07, 6.45) is 3.72. The van der Waals surface area contributed by atoms with Crippen LogP contribution < -0.4 is 28.1 Å². The molecule has 2 aliphatic rings. The van der Waals surface area contributed by atoms with Gasteiger partial charge in [-0.15, -0.1) is 0 Å². The number of nitrogens with two attached hydrogens (primary N) is 3. The van der Waals surface area contributed by atoms with Gasteiger partial charge in [-0.05, 0) is 91.8 Å². The topological polar surface area (TPSA) is 247 Å². The Labute approximate surface area is 329 Å². The van der Waals surface area contributed by atoms with Gasteiger partial charge in [-0.3, -0.25) is 29.0 Å². The molecule has 0 unspecified atom stereocenters. The molecule has 0 bridgehead atoms. The van der Waals surface area contributed by atoms with E-state index in [9.17, 15) is 37.1 Å². The number of carbonyl (C=O) groups excluding carboxylic acids is 4. The monoisotopic (exact) mass is 803 g/mol. The number of aryl methyl sites for hydroxylation is 2. The molecule has 1 fully saturated rings. The van der Waals surface area contributed by atoms with Gasteiger partial charge in [0.05, 0.1) is 27.9 Å². The van der Waals surface area contributed by atoms with Crippen LogP contribution in [0.2, 0.25) is 0 Å². The van der Waals surface area contributed by atoms with Crippen molar-refractivity contribution in [2.24, 2.45) is 11.1 Å². The summed E-state index contributed by atoms with van der Waals surface area (Å²) in [5.41, 5.74) is 17.5. The molecule has 3 aromatic heterocycles. The fraction of sp³-hybridized carbons (Fsp3) is 0.375. The normalized spacial score (nSPS) is 15.3. The predicted molar refractivity (Wildman–Crippen MR) is 208 cm³/mol. The molecule has 2 aliphatic carbocycles. The zero-order valence-corrected chi connectivity index (χ0v) is 31.9. The van der Waals surface area contributed by atoms with Crippen LogP contribution in [0.4, 0.5) is 24.8 Å². The van der Waals surface area contributed by atoms with E-state index in [0.717, 1.165) is 41.5 Å². The number of rotatable bonds is 9. The second-order valence-electron chi connectivity index (χ2n) is 15.3. The zero-order valence-electron chi connectivity index (χ0n) is 31.9. The average Bonchev–Trinajstić information content (AvgIpc) is 3.75. The molecule has 9 N–H and O–H groups in total. The van der Waals surface area contributed by atoms with Crippen molar-refractivity contribution in [1.82, 2.24) is 30.0 Å². The van der Waals surface area contributed by atoms with Crippen molar-refractivity contribution in [3.05, 3.63) is 98.2 Å². The lowest BCUT2D eigenvalue weighted by molar-refractivity contribution is -0.149. The number of benzene rings is 2. The highest BCUT2D eigenvalue weighted by atomic mass is 19.4. The van der Waals surface area contributed by atoms with Crippen molar-refractivity contribution < 1.29 is 37.1 Å². The first-order chi connectivity index (χ1) is 27.4. The quantitative estimate of drug-likeness (QED) is 0.0864. The van der Waals surface area contributed by atoms with Gasteiger partial charge < -0.3 is 32.2 Å². The first-order valence-electron chi connectivity index (χ1n) is 18.7. The second kappa shape index (κ2) is 16.6. The van der Waals surface area contributed by atoms with Crippen LogP contribution in [-0.4, -0.2) is 60.9 Å². The molecule has 0 spiro atoms. The number of hydrogen-bond acceptors (Lipinski definition) is 10. The molecule has 0 radical (unpaired) electrons. The van der Waals surface area contributed by atoms with Gasteiger partial charge in [-0.2, -0.15) is 23.3 Å². The number of halogens is 3. The van der Waals surface area contributed by atoms with E-state index in [1.807, 2.05) is 26.0 Å². The third-order valence-corrected chi connectivity index (χ3v) is 10.1. The molecule has 2 aromatic carbocycles. The van der Waals surface area contributed by atoms with E-state index < -0.39 is 40.5 Å². The van der Waals surface area contributed by atoms with E-state index in [1.54, 1.807) is 18.3 Å². The molecule has 1 saturated carbocycles. The van der Waals surface area contributed by atoms with Gasteiger partial charge in [0, 0.05) is 23.9 Å². The number of ether oxygens (including phenoxy) is 1. The van der Waals surface area contributed by atoms with Crippen LogP contribution in [0.15, 0.2) is 53.5 Å². The van der Waals surface area contributed by atoms with Crippen LogP contribution in [0.1, 0.15) is 106 Å². The van der Waals surface area contributed by atoms with E-state index in [0.29, 0.717) is 29.4 Å². The third kappa shape index (κ3) is 9.38. The number of anilines is 2. The summed E-state index contributed by atoms with van der Waals surface area (Å²) in [5, 5.41) is 6.79. The van der Waals surface area contributed by atoms with Crippen LogP contribution >= 0.6 is 0 Å². The Morgan fingerprint density at radius 1 is 1.00 bits per heavy atom. The molecule has 2 amide bonds. The number of nitrogens with zero attached hydrogens (tertiary/aromatic N) is 3. The number of amides is 2. The summed E-state index contributed by atoms with van der Waals surface area (Å²) in [6.45, 7) is 3.48. The number of ketones is 1. The number of Topliss-reactive ketones (excluding diaryl/α,β-unsaturated/α-hetero) is 1. The van der Waals surface area contributed by atoms with Crippen LogP contribution in [0.25, 0.3) is 16.7 Å². The highest BCUT2D eigenvalue weighted by Gasteiger charge is 2.45. The molecule has 15 nitrogen and oxygen atoms in total. The fourth-order valence-electron chi connectivity index (χ4n) is 7.35. The van der Waals surface area contributed by atoms with Gasteiger partial charge in [-0.1, -0.05) is 32.4 Å². The maximum atomic E-state index is 13.4. The molecule has 3 heterocycles. The summed E-state index contributed by atoms with van der Waals surface area (Å²) in [4.78, 5) is 69.7. The first kappa shape index (κ1) is 41.2. The Hall–Kier alpha value is -6.46. The van der Waals surface area contributed by atoms with Crippen molar-refractivity contribution in [3.63, 3.8) is 0 Å². The van der Waals surface area contributed by atoms with E-state index >= 15 is 0 Å². The lowest BCUT2D eigenvalue weighted by Crippen LogP contribution is -2.33. The number of aromatic nitrogens is 5. The lowest BCUT2D eigenvalue weighted by atomic mass is 9.75. The Balaban J connectivity index is 0.000000200. The predicted octanol–water partition coefficient (Wildman–Crippen LogP) is 4.95. The third-order valence-electron chi connectivity index (χ3n) is 10.1.